The van der Waals surface area contributed by atoms with E-state index in [9.17, 15) is 10.2 Å². The van der Waals surface area contributed by atoms with E-state index in [1.54, 1.807) is 0 Å². The van der Waals surface area contributed by atoms with Gasteiger partial charge in [-0.05, 0) is 25.9 Å². The fraction of sp³-hybridized carbons (Fsp3) is 1.00. The van der Waals surface area contributed by atoms with Gasteiger partial charge in [0.25, 0.3) is 0 Å². The second kappa shape index (κ2) is 42.9. The molecular weight excluding hydrogens is 592 g/mol. The Hall–Kier alpha value is -0.240. The zero-order chi connectivity index (χ0) is 34.9. The van der Waals surface area contributed by atoms with E-state index in [0.29, 0.717) is 0 Å². The van der Waals surface area contributed by atoms with Crippen LogP contribution in [0.1, 0.15) is 194 Å². The van der Waals surface area contributed by atoms with E-state index in [1.807, 2.05) is 0 Å². The standard InChI is InChI=1S/C42H90N4O2/c1-3-5-7-9-11-13-15-17-19-21-23-25-27-29-31-43-33-35-45(39-41-47)37-38-46(40-42-48)36-34-44-32-30-28-26-24-22-20-18-16-14-12-10-8-6-4-2/h43-44,47-48H,3-42H2,1-2H3. The molecule has 0 atom stereocenters. The molecule has 0 aromatic carbocycles. The summed E-state index contributed by atoms with van der Waals surface area (Å²) in [6.07, 6.45) is 39.4. The average molecular weight is 683 g/mol. The highest BCUT2D eigenvalue weighted by atomic mass is 16.3. The van der Waals surface area contributed by atoms with Gasteiger partial charge in [-0.3, -0.25) is 9.80 Å². The fourth-order valence-corrected chi connectivity index (χ4v) is 6.85. The first-order valence-corrected chi connectivity index (χ1v) is 21.9. The Labute approximate surface area is 302 Å². The van der Waals surface area contributed by atoms with E-state index in [4.69, 9.17) is 0 Å². The van der Waals surface area contributed by atoms with Crippen molar-refractivity contribution in [2.75, 3.05) is 78.7 Å². The number of aliphatic hydroxyl groups excluding tert-OH is 2. The molecule has 6 nitrogen and oxygen atoms in total. The van der Waals surface area contributed by atoms with Gasteiger partial charge in [-0.15, -0.1) is 0 Å². The molecule has 0 aromatic rings. The molecule has 0 aliphatic rings. The van der Waals surface area contributed by atoms with Crippen molar-refractivity contribution in [3.63, 3.8) is 0 Å². The predicted octanol–water partition coefficient (Wildman–Crippen LogP) is 9.72. The molecule has 0 aromatic heterocycles. The summed E-state index contributed by atoms with van der Waals surface area (Å²) < 4.78 is 0. The molecule has 0 rings (SSSR count). The van der Waals surface area contributed by atoms with Crippen LogP contribution < -0.4 is 10.6 Å². The quantitative estimate of drug-likeness (QED) is 0.0480. The fourth-order valence-electron chi connectivity index (χ4n) is 6.85. The minimum atomic E-state index is 0.208. The van der Waals surface area contributed by atoms with E-state index < -0.39 is 0 Å². The maximum atomic E-state index is 9.59. The van der Waals surface area contributed by atoms with Crippen molar-refractivity contribution >= 4 is 0 Å². The van der Waals surface area contributed by atoms with E-state index in [1.165, 1.54) is 180 Å². The smallest absolute Gasteiger partial charge is 0.0558 e. The van der Waals surface area contributed by atoms with Crippen LogP contribution in [-0.4, -0.2) is 98.7 Å². The Kier molecular flexibility index (Phi) is 42.7. The van der Waals surface area contributed by atoms with Gasteiger partial charge in [-0.1, -0.05) is 181 Å². The molecule has 0 heterocycles. The van der Waals surface area contributed by atoms with Crippen molar-refractivity contribution in [3.05, 3.63) is 0 Å². The van der Waals surface area contributed by atoms with Crippen molar-refractivity contribution < 1.29 is 10.2 Å². The second-order valence-electron chi connectivity index (χ2n) is 14.8. The summed E-state index contributed by atoms with van der Waals surface area (Å²) in [6, 6.07) is 0. The first-order chi connectivity index (χ1) is 23.8. The van der Waals surface area contributed by atoms with Crippen LogP contribution in [0.15, 0.2) is 0 Å². The average Bonchev–Trinajstić information content (AvgIpc) is 3.09. The van der Waals surface area contributed by atoms with Crippen LogP contribution in [-0.2, 0) is 0 Å². The number of rotatable bonds is 43. The summed E-state index contributed by atoms with van der Waals surface area (Å²) in [6.45, 7) is 14.5. The molecule has 0 aliphatic carbocycles. The first kappa shape index (κ1) is 47.8. The van der Waals surface area contributed by atoms with Gasteiger partial charge in [0.15, 0.2) is 0 Å². The number of unbranched alkanes of at least 4 members (excludes halogenated alkanes) is 26. The minimum absolute atomic E-state index is 0.208. The Morgan fingerprint density at radius 3 is 0.792 bits per heavy atom. The SMILES string of the molecule is CCCCCCCCCCCCCCCCNCCN(CCO)CCN(CCO)CCNCCCCCCCCCCCCCCCC. The molecule has 0 saturated carbocycles. The summed E-state index contributed by atoms with van der Waals surface area (Å²) in [5.74, 6) is 0. The van der Waals surface area contributed by atoms with Crippen LogP contribution in [0.3, 0.4) is 0 Å². The zero-order valence-electron chi connectivity index (χ0n) is 33.1. The van der Waals surface area contributed by atoms with Crippen molar-refractivity contribution in [3.8, 4) is 0 Å². The third-order valence-electron chi connectivity index (χ3n) is 10.2. The van der Waals surface area contributed by atoms with E-state index in [2.05, 4.69) is 34.3 Å². The van der Waals surface area contributed by atoms with Crippen LogP contribution in [0, 0.1) is 0 Å². The Balaban J connectivity index is 3.65. The summed E-state index contributed by atoms with van der Waals surface area (Å²) in [7, 11) is 0. The summed E-state index contributed by atoms with van der Waals surface area (Å²) in [5, 5.41) is 26.4. The maximum Gasteiger partial charge on any atom is 0.0558 e. The highest BCUT2D eigenvalue weighted by molar-refractivity contribution is 4.66. The summed E-state index contributed by atoms with van der Waals surface area (Å²) in [4.78, 5) is 4.73. The van der Waals surface area contributed by atoms with Gasteiger partial charge in [0.05, 0.1) is 13.2 Å². The molecule has 0 saturated heterocycles. The molecule has 6 heteroatoms. The van der Waals surface area contributed by atoms with Gasteiger partial charge in [0.2, 0.25) is 0 Å². The predicted molar refractivity (Wildman–Crippen MR) is 213 cm³/mol. The third-order valence-corrected chi connectivity index (χ3v) is 10.2. The van der Waals surface area contributed by atoms with Crippen molar-refractivity contribution in [1.29, 1.82) is 0 Å². The lowest BCUT2D eigenvalue weighted by atomic mass is 10.0. The summed E-state index contributed by atoms with van der Waals surface area (Å²) in [5.41, 5.74) is 0. The topological polar surface area (TPSA) is 71.0 Å². The van der Waals surface area contributed by atoms with Crippen LogP contribution >= 0.6 is 0 Å². The molecule has 0 amide bonds. The van der Waals surface area contributed by atoms with Crippen LogP contribution in [0.5, 0.6) is 0 Å². The molecule has 0 aliphatic heterocycles. The first-order valence-electron chi connectivity index (χ1n) is 21.9. The van der Waals surface area contributed by atoms with Gasteiger partial charge in [-0.2, -0.15) is 0 Å². The molecule has 4 N–H and O–H groups in total. The molecule has 0 unspecified atom stereocenters. The zero-order valence-corrected chi connectivity index (χ0v) is 33.1. The number of hydrogen-bond donors (Lipinski definition) is 4. The lowest BCUT2D eigenvalue weighted by Gasteiger charge is -2.27. The highest BCUT2D eigenvalue weighted by Crippen LogP contribution is 2.14. The molecule has 0 radical (unpaired) electrons. The van der Waals surface area contributed by atoms with E-state index >= 15 is 0 Å². The highest BCUT2D eigenvalue weighted by Gasteiger charge is 2.09. The van der Waals surface area contributed by atoms with Gasteiger partial charge in [0, 0.05) is 52.4 Å². The van der Waals surface area contributed by atoms with E-state index in [-0.39, 0.29) is 13.2 Å². The van der Waals surface area contributed by atoms with Crippen LogP contribution in [0.2, 0.25) is 0 Å². The molecule has 0 spiro atoms. The Morgan fingerprint density at radius 2 is 0.542 bits per heavy atom. The van der Waals surface area contributed by atoms with E-state index in [0.717, 1.165) is 65.4 Å². The molecule has 48 heavy (non-hydrogen) atoms. The number of hydrogen-bond acceptors (Lipinski definition) is 6. The lowest BCUT2D eigenvalue weighted by Crippen LogP contribution is -2.42. The molecule has 0 bridgehead atoms. The molecular formula is C42H90N4O2. The number of aliphatic hydroxyl groups is 2. The number of nitrogens with zero attached hydrogens (tertiary/aromatic N) is 2. The van der Waals surface area contributed by atoms with Gasteiger partial charge in [0.1, 0.15) is 0 Å². The Bertz CT molecular complexity index is 520. The Morgan fingerprint density at radius 1 is 0.292 bits per heavy atom. The van der Waals surface area contributed by atoms with Crippen molar-refractivity contribution in [2.24, 2.45) is 0 Å². The lowest BCUT2D eigenvalue weighted by molar-refractivity contribution is 0.151. The normalized spacial score (nSPS) is 11.9. The van der Waals surface area contributed by atoms with Gasteiger partial charge < -0.3 is 20.8 Å². The maximum absolute atomic E-state index is 9.59. The number of nitrogens with one attached hydrogen (secondary N) is 2. The van der Waals surface area contributed by atoms with Crippen molar-refractivity contribution in [1.82, 2.24) is 20.4 Å². The molecule has 0 fully saturated rings. The largest absolute Gasteiger partial charge is 0.395 e. The van der Waals surface area contributed by atoms with Crippen LogP contribution in [0.25, 0.3) is 0 Å². The van der Waals surface area contributed by atoms with Gasteiger partial charge in [-0.25, -0.2) is 0 Å². The molecule has 290 valence electrons. The second-order valence-corrected chi connectivity index (χ2v) is 14.8. The van der Waals surface area contributed by atoms with Gasteiger partial charge >= 0.3 is 0 Å². The van der Waals surface area contributed by atoms with Crippen molar-refractivity contribution in [2.45, 2.75) is 194 Å². The minimum Gasteiger partial charge on any atom is -0.395 e. The monoisotopic (exact) mass is 683 g/mol. The third kappa shape index (κ3) is 38.6. The van der Waals surface area contributed by atoms with Crippen LogP contribution in [0.4, 0.5) is 0 Å². The summed E-state index contributed by atoms with van der Waals surface area (Å²) >= 11 is 0.